The van der Waals surface area contributed by atoms with Crippen molar-refractivity contribution in [3.05, 3.63) is 0 Å². The van der Waals surface area contributed by atoms with E-state index in [0.717, 1.165) is 0 Å². The van der Waals surface area contributed by atoms with Crippen LogP contribution in [0.25, 0.3) is 0 Å². The average molecular weight is 871 g/mol. The van der Waals surface area contributed by atoms with Gasteiger partial charge in [0.25, 0.3) is 0 Å². The van der Waals surface area contributed by atoms with E-state index in [9.17, 15) is 70.1 Å². The number of fused-ring (bicyclic) bond motifs is 4. The molecule has 0 radical (unpaired) electrons. The Morgan fingerprint density at radius 1 is 0.473 bits per heavy atom. The zero-order chi connectivity index (χ0) is 40.4. The molecule has 31 heteroatoms. The molecule has 320 valence electrons. The minimum atomic E-state index is -5.49. The first-order valence-corrected chi connectivity index (χ1v) is 20.1. The maximum Gasteiger partial charge on any atom is 0.397 e. The molecule has 0 spiro atoms. The van der Waals surface area contributed by atoms with Gasteiger partial charge in [0.1, 0.15) is 91.6 Å². The summed E-state index contributed by atoms with van der Waals surface area (Å²) in [5.41, 5.74) is 0. The molecule has 6 fully saturated rings. The second-order valence-electron chi connectivity index (χ2n) is 12.9. The van der Waals surface area contributed by atoms with Crippen LogP contribution >= 0.6 is 0 Å². The van der Waals surface area contributed by atoms with Gasteiger partial charge < -0.3 is 78.4 Å². The van der Waals surface area contributed by atoms with Crippen molar-refractivity contribution < 1.29 is 130 Å². The lowest BCUT2D eigenvalue weighted by Gasteiger charge is -2.48. The Balaban J connectivity index is 1.25. The molecule has 4 bridgehead atoms. The summed E-state index contributed by atoms with van der Waals surface area (Å²) in [6.45, 7) is -2.89. The highest BCUT2D eigenvalue weighted by Crippen LogP contribution is 2.40. The van der Waals surface area contributed by atoms with Crippen molar-refractivity contribution in [1.29, 1.82) is 0 Å². The van der Waals surface area contributed by atoms with Crippen molar-refractivity contribution in [1.82, 2.24) is 0 Å². The van der Waals surface area contributed by atoms with E-state index in [1.807, 2.05) is 0 Å². The molecule has 6 saturated heterocycles. The second-order valence-corrected chi connectivity index (χ2v) is 16.0. The Bertz CT molecular complexity index is 1660. The molecule has 6 rings (SSSR count). The molecule has 0 saturated carbocycles. The van der Waals surface area contributed by atoms with Gasteiger partial charge in [-0.1, -0.05) is 0 Å². The molecule has 20 atom stereocenters. The highest BCUT2D eigenvalue weighted by atomic mass is 32.3. The van der Waals surface area contributed by atoms with Crippen LogP contribution in [0, 0.1) is 0 Å². The Morgan fingerprint density at radius 2 is 0.927 bits per heavy atom. The zero-order valence-electron chi connectivity index (χ0n) is 27.4. The SMILES string of the molecule is O=S(=O)(O)O[C@@H]1[C@H](O)[C@@H](O)[C@H](O[C@@H]2[C@@H]3OC[C@H]2O[C@H](O[C@@H]2[C@@H](O)[C@H](O[C@@H]4[C@@H]5OC[C@H]4O[C@H](O)[C@@H]5O)O[C@H](CO)[C@@H]2OS(=O)(=O)O)[C@@H]3OS(=O)(=O)O)O[C@@H]1CO. The first-order chi connectivity index (χ1) is 25.6. The van der Waals surface area contributed by atoms with E-state index in [0.29, 0.717) is 0 Å². The summed E-state index contributed by atoms with van der Waals surface area (Å²) in [6, 6.07) is 0. The fourth-order valence-electron chi connectivity index (χ4n) is 6.98. The first kappa shape index (κ1) is 43.5. The molecule has 0 aromatic heterocycles. The molecule has 28 nitrogen and oxygen atoms in total. The third-order valence-corrected chi connectivity index (χ3v) is 10.7. The summed E-state index contributed by atoms with van der Waals surface area (Å²) in [4.78, 5) is 0. The monoisotopic (exact) mass is 870 g/mol. The molecular weight excluding hydrogens is 832 g/mol. The number of hydrogen-bond donors (Lipinski definition) is 10. The van der Waals surface area contributed by atoms with E-state index in [2.05, 4.69) is 8.37 Å². The predicted octanol–water partition coefficient (Wildman–Crippen LogP) is -8.18. The van der Waals surface area contributed by atoms with Crippen molar-refractivity contribution in [2.75, 3.05) is 26.4 Å². The van der Waals surface area contributed by atoms with Crippen LogP contribution in [-0.2, 0) is 86.4 Å². The molecule has 55 heavy (non-hydrogen) atoms. The first-order valence-electron chi connectivity index (χ1n) is 16.0. The average Bonchev–Trinajstić information content (AvgIpc) is 3.56. The Kier molecular flexibility index (Phi) is 13.1. The molecule has 10 N–H and O–H groups in total. The van der Waals surface area contributed by atoms with E-state index in [1.165, 1.54) is 0 Å². The normalized spacial score (nSPS) is 47.9. The van der Waals surface area contributed by atoms with Gasteiger partial charge in [-0.05, 0) is 0 Å². The van der Waals surface area contributed by atoms with E-state index >= 15 is 0 Å². The summed E-state index contributed by atoms with van der Waals surface area (Å²) < 4.78 is 162. The van der Waals surface area contributed by atoms with Crippen molar-refractivity contribution in [3.63, 3.8) is 0 Å². The Hall–Kier alpha value is -1.03. The molecule has 6 aliphatic rings. The number of aliphatic hydroxyl groups is 7. The van der Waals surface area contributed by atoms with Crippen LogP contribution in [0.2, 0.25) is 0 Å². The van der Waals surface area contributed by atoms with E-state index in [4.69, 9.17) is 51.4 Å². The summed E-state index contributed by atoms with van der Waals surface area (Å²) in [6.07, 6.45) is -36.5. The van der Waals surface area contributed by atoms with E-state index < -0.39 is 174 Å². The topological polar surface area (TPSA) is 415 Å². The number of aliphatic hydroxyl groups excluding tert-OH is 7. The number of ether oxygens (including phenoxy) is 9. The van der Waals surface area contributed by atoms with Crippen molar-refractivity contribution in [3.8, 4) is 0 Å². The lowest BCUT2D eigenvalue weighted by molar-refractivity contribution is -0.368. The van der Waals surface area contributed by atoms with Crippen LogP contribution in [0.4, 0.5) is 0 Å². The van der Waals surface area contributed by atoms with Gasteiger partial charge in [0.05, 0.1) is 26.4 Å². The van der Waals surface area contributed by atoms with Gasteiger partial charge in [0, 0.05) is 0 Å². The lowest BCUT2D eigenvalue weighted by Crippen LogP contribution is -2.66. The van der Waals surface area contributed by atoms with Crippen LogP contribution in [0.3, 0.4) is 0 Å². The van der Waals surface area contributed by atoms with Gasteiger partial charge in [-0.2, -0.15) is 25.3 Å². The van der Waals surface area contributed by atoms with E-state index in [-0.39, 0.29) is 6.61 Å². The smallest absolute Gasteiger partial charge is 0.394 e. The summed E-state index contributed by atoms with van der Waals surface area (Å²) in [5.74, 6) is 0. The quantitative estimate of drug-likeness (QED) is 0.0725. The zero-order valence-corrected chi connectivity index (χ0v) is 29.9. The molecule has 0 aromatic carbocycles. The number of rotatable bonds is 14. The van der Waals surface area contributed by atoms with Crippen LogP contribution < -0.4 is 0 Å². The summed E-state index contributed by atoms with van der Waals surface area (Å²) in [7, 11) is -16.2. The molecule has 0 amide bonds. The minimum Gasteiger partial charge on any atom is -0.394 e. The van der Waals surface area contributed by atoms with Gasteiger partial charge in [-0.15, -0.1) is 0 Å². The van der Waals surface area contributed by atoms with Crippen LogP contribution in [-0.4, -0.2) is 224 Å². The van der Waals surface area contributed by atoms with Crippen molar-refractivity contribution >= 4 is 31.2 Å². The molecule has 0 unspecified atom stereocenters. The van der Waals surface area contributed by atoms with Gasteiger partial charge in [0.15, 0.2) is 31.3 Å². The fourth-order valence-corrected chi connectivity index (χ4v) is 8.50. The molecule has 6 aliphatic heterocycles. The predicted molar refractivity (Wildman–Crippen MR) is 158 cm³/mol. The molecule has 0 aliphatic carbocycles. The highest BCUT2D eigenvalue weighted by molar-refractivity contribution is 7.81. The van der Waals surface area contributed by atoms with E-state index in [1.54, 1.807) is 0 Å². The standard InChI is InChI=1S/C24H38O28S3/c25-1-5-13(50-53(32,33)34)9(27)10(28)22(44-5)48-15-8-4-42-19(15)20(52-55(38,39)40)24(46-8)49-18-12(30)23(45-6(2-26)16(18)51-54(35,36)37)47-14-7-3-41-17(14)11(29)21(31)43-7/h5-31H,1-4H2,(H,32,33,34)(H,35,36,37)(H,38,39,40)/t5-,6-,7-,8-,9-,10-,11-,12-,13+,14+,15+,16+,17-,18-,19+,20-,21+,22+,23+,24-/m1/s1. The lowest BCUT2D eigenvalue weighted by atomic mass is 9.96. The largest absolute Gasteiger partial charge is 0.397 e. The van der Waals surface area contributed by atoms with Crippen LogP contribution in [0.15, 0.2) is 0 Å². The van der Waals surface area contributed by atoms with Gasteiger partial charge in [-0.25, -0.2) is 12.5 Å². The maximum absolute atomic E-state index is 12.0. The maximum atomic E-state index is 12.0. The third kappa shape index (κ3) is 9.56. The van der Waals surface area contributed by atoms with Crippen molar-refractivity contribution in [2.45, 2.75) is 123 Å². The fraction of sp³-hybridized carbons (Fsp3) is 1.00. The summed E-state index contributed by atoms with van der Waals surface area (Å²) in [5, 5.41) is 72.7. The van der Waals surface area contributed by atoms with Gasteiger partial charge in [0.2, 0.25) is 0 Å². The third-order valence-electron chi connectivity index (χ3n) is 9.32. The highest BCUT2D eigenvalue weighted by Gasteiger charge is 2.61. The summed E-state index contributed by atoms with van der Waals surface area (Å²) >= 11 is 0. The molecule has 6 heterocycles. The van der Waals surface area contributed by atoms with Crippen LogP contribution in [0.5, 0.6) is 0 Å². The van der Waals surface area contributed by atoms with Crippen molar-refractivity contribution in [2.24, 2.45) is 0 Å². The molecule has 0 aromatic rings. The minimum absolute atomic E-state index is 0.206. The van der Waals surface area contributed by atoms with Gasteiger partial charge in [-0.3, -0.25) is 13.7 Å². The number of hydrogen-bond acceptors (Lipinski definition) is 25. The second kappa shape index (κ2) is 16.6. The molecular formula is C24H38O28S3. The van der Waals surface area contributed by atoms with Crippen LogP contribution in [0.1, 0.15) is 0 Å². The Labute approximate surface area is 310 Å². The van der Waals surface area contributed by atoms with Gasteiger partial charge >= 0.3 is 31.2 Å². The Morgan fingerprint density at radius 3 is 1.49 bits per heavy atom.